The summed E-state index contributed by atoms with van der Waals surface area (Å²) in [5, 5.41) is 2.71. The fourth-order valence-electron chi connectivity index (χ4n) is 1.10. The highest BCUT2D eigenvalue weighted by Crippen LogP contribution is 2.17. The third-order valence-electron chi connectivity index (χ3n) is 1.87. The molecule has 0 saturated carbocycles. The Kier molecular flexibility index (Phi) is 6.29. The second-order valence-corrected chi connectivity index (χ2v) is 5.39. The Hall–Kier alpha value is -0.810. The Balaban J connectivity index is 2.23. The van der Waals surface area contributed by atoms with Gasteiger partial charge < -0.3 is 10.1 Å². The van der Waals surface area contributed by atoms with Gasteiger partial charge in [-0.1, -0.05) is 44.5 Å². The molecule has 0 aromatic heterocycles. The van der Waals surface area contributed by atoms with Crippen LogP contribution in [0.4, 0.5) is 0 Å². The lowest BCUT2D eigenvalue weighted by Gasteiger charge is -2.07. The van der Waals surface area contributed by atoms with Crippen LogP contribution in [0.2, 0.25) is 0 Å². The predicted octanol–water partition coefficient (Wildman–Crippen LogP) is 3.24. The van der Waals surface area contributed by atoms with E-state index >= 15 is 0 Å². The van der Waals surface area contributed by atoms with Crippen molar-refractivity contribution < 1.29 is 9.53 Å². The monoisotopic (exact) mass is 361 g/mol. The van der Waals surface area contributed by atoms with E-state index in [9.17, 15) is 4.79 Å². The van der Waals surface area contributed by atoms with Crippen LogP contribution in [0.3, 0.4) is 0 Å². The highest BCUT2D eigenvalue weighted by molar-refractivity contribution is 9.11. The average Bonchev–Trinajstić information content (AvgIpc) is 2.26. The Bertz CT molecular complexity index is 407. The first-order valence-electron chi connectivity index (χ1n) is 5.06. The molecule has 0 fully saturated rings. The van der Waals surface area contributed by atoms with Crippen LogP contribution in [0.5, 0.6) is 5.75 Å². The molecule has 0 atom stereocenters. The van der Waals surface area contributed by atoms with Crippen LogP contribution in [0.15, 0.2) is 39.8 Å². The molecule has 0 spiro atoms. The number of benzene rings is 1. The second-order valence-electron chi connectivity index (χ2n) is 3.35. The third kappa shape index (κ3) is 6.48. The fraction of sp³-hybridized carbons (Fsp3) is 0.250. The SMILES string of the molecule is C=C(Br)CNC(=O)CCOc1cccc(Br)c1. The largest absolute Gasteiger partial charge is 0.493 e. The number of ether oxygens (including phenoxy) is 1. The first-order valence-corrected chi connectivity index (χ1v) is 6.65. The smallest absolute Gasteiger partial charge is 0.223 e. The Morgan fingerprint density at radius 2 is 2.24 bits per heavy atom. The summed E-state index contributed by atoms with van der Waals surface area (Å²) in [5.74, 6) is 0.692. The minimum absolute atomic E-state index is 0.0550. The van der Waals surface area contributed by atoms with E-state index in [0.29, 0.717) is 19.6 Å². The number of amides is 1. The number of hydrogen-bond acceptors (Lipinski definition) is 2. The number of carbonyl (C=O) groups excluding carboxylic acids is 1. The van der Waals surface area contributed by atoms with Crippen LogP contribution >= 0.6 is 31.9 Å². The molecule has 0 bridgehead atoms. The topological polar surface area (TPSA) is 38.3 Å². The quantitative estimate of drug-likeness (QED) is 0.843. The van der Waals surface area contributed by atoms with Gasteiger partial charge in [0.2, 0.25) is 5.91 Å². The van der Waals surface area contributed by atoms with Crippen molar-refractivity contribution in [3.05, 3.63) is 39.8 Å². The van der Waals surface area contributed by atoms with Gasteiger partial charge in [0.15, 0.2) is 0 Å². The Morgan fingerprint density at radius 1 is 1.47 bits per heavy atom. The molecule has 1 aromatic carbocycles. The van der Waals surface area contributed by atoms with Gasteiger partial charge in [-0.3, -0.25) is 4.79 Å². The highest BCUT2D eigenvalue weighted by Gasteiger charge is 2.01. The number of carbonyl (C=O) groups is 1. The van der Waals surface area contributed by atoms with E-state index in [0.717, 1.165) is 14.7 Å². The van der Waals surface area contributed by atoms with Crippen molar-refractivity contribution >= 4 is 37.8 Å². The van der Waals surface area contributed by atoms with Crippen molar-refractivity contribution in [3.8, 4) is 5.75 Å². The first-order chi connectivity index (χ1) is 8.08. The maximum atomic E-state index is 11.3. The van der Waals surface area contributed by atoms with Crippen molar-refractivity contribution in [3.63, 3.8) is 0 Å². The second kappa shape index (κ2) is 7.50. The van der Waals surface area contributed by atoms with Gasteiger partial charge in [-0.15, -0.1) is 0 Å². The zero-order valence-corrected chi connectivity index (χ0v) is 12.4. The minimum Gasteiger partial charge on any atom is -0.493 e. The van der Waals surface area contributed by atoms with Gasteiger partial charge in [0, 0.05) is 15.5 Å². The number of nitrogens with one attached hydrogen (secondary N) is 1. The van der Waals surface area contributed by atoms with Crippen molar-refractivity contribution in [1.29, 1.82) is 0 Å². The van der Waals surface area contributed by atoms with Crippen LogP contribution in [-0.2, 0) is 4.79 Å². The molecule has 1 amide bonds. The van der Waals surface area contributed by atoms with Gasteiger partial charge >= 0.3 is 0 Å². The van der Waals surface area contributed by atoms with E-state index < -0.39 is 0 Å². The number of hydrogen-bond donors (Lipinski definition) is 1. The molecular weight excluding hydrogens is 350 g/mol. The summed E-state index contributed by atoms with van der Waals surface area (Å²) in [4.78, 5) is 11.3. The number of rotatable bonds is 6. The molecule has 1 N–H and O–H groups in total. The lowest BCUT2D eigenvalue weighted by atomic mass is 10.3. The van der Waals surface area contributed by atoms with Gasteiger partial charge in [0.25, 0.3) is 0 Å². The van der Waals surface area contributed by atoms with Gasteiger partial charge in [-0.25, -0.2) is 0 Å². The lowest BCUT2D eigenvalue weighted by molar-refractivity contribution is -0.121. The summed E-state index contributed by atoms with van der Waals surface area (Å²) >= 11 is 6.52. The molecule has 0 unspecified atom stereocenters. The summed E-state index contributed by atoms with van der Waals surface area (Å²) < 4.78 is 7.14. The average molecular weight is 363 g/mol. The van der Waals surface area contributed by atoms with Crippen molar-refractivity contribution in [2.75, 3.05) is 13.2 Å². The predicted molar refractivity (Wildman–Crippen MR) is 75.3 cm³/mol. The van der Waals surface area contributed by atoms with E-state index in [-0.39, 0.29) is 5.91 Å². The van der Waals surface area contributed by atoms with E-state index in [2.05, 4.69) is 43.8 Å². The molecule has 92 valence electrons. The van der Waals surface area contributed by atoms with Crippen LogP contribution < -0.4 is 10.1 Å². The molecule has 0 aliphatic rings. The molecule has 5 heteroatoms. The molecule has 0 saturated heterocycles. The standard InChI is InChI=1S/C12H13Br2NO2/c1-9(13)8-15-12(16)5-6-17-11-4-2-3-10(14)7-11/h2-4,7H,1,5-6,8H2,(H,15,16). The molecule has 1 aromatic rings. The molecule has 3 nitrogen and oxygen atoms in total. The third-order valence-corrected chi connectivity index (χ3v) is 2.64. The molecule has 1 rings (SSSR count). The van der Waals surface area contributed by atoms with E-state index in [4.69, 9.17) is 4.74 Å². The highest BCUT2D eigenvalue weighted by atomic mass is 79.9. The van der Waals surface area contributed by atoms with E-state index in [1.807, 2.05) is 24.3 Å². The normalized spacial score (nSPS) is 9.76. The number of halogens is 2. The fourth-order valence-corrected chi connectivity index (χ4v) is 1.62. The molecule has 0 heterocycles. The Labute approximate surface area is 117 Å². The summed E-state index contributed by atoms with van der Waals surface area (Å²) in [7, 11) is 0. The Morgan fingerprint density at radius 3 is 2.88 bits per heavy atom. The van der Waals surface area contributed by atoms with E-state index in [1.54, 1.807) is 0 Å². The molecule has 0 aliphatic heterocycles. The molecule has 0 radical (unpaired) electrons. The van der Waals surface area contributed by atoms with Gasteiger partial charge in [0.1, 0.15) is 5.75 Å². The van der Waals surface area contributed by atoms with Crippen LogP contribution in [-0.4, -0.2) is 19.1 Å². The summed E-state index contributed by atoms with van der Waals surface area (Å²) in [6, 6.07) is 7.51. The van der Waals surface area contributed by atoms with Crippen molar-refractivity contribution in [2.45, 2.75) is 6.42 Å². The van der Waals surface area contributed by atoms with Crippen LogP contribution in [0.25, 0.3) is 0 Å². The first kappa shape index (κ1) is 14.3. The molecule has 0 aliphatic carbocycles. The minimum atomic E-state index is -0.0550. The van der Waals surface area contributed by atoms with Crippen LogP contribution in [0, 0.1) is 0 Å². The lowest BCUT2D eigenvalue weighted by Crippen LogP contribution is -2.25. The van der Waals surface area contributed by atoms with Crippen molar-refractivity contribution in [1.82, 2.24) is 5.32 Å². The summed E-state index contributed by atoms with van der Waals surface area (Å²) in [6.45, 7) is 4.43. The van der Waals surface area contributed by atoms with Crippen LogP contribution in [0.1, 0.15) is 6.42 Å². The van der Waals surface area contributed by atoms with E-state index in [1.165, 1.54) is 0 Å². The maximum Gasteiger partial charge on any atom is 0.223 e. The molecular formula is C12H13Br2NO2. The van der Waals surface area contributed by atoms with Gasteiger partial charge in [0.05, 0.1) is 13.0 Å². The summed E-state index contributed by atoms with van der Waals surface area (Å²) in [5.41, 5.74) is 0. The van der Waals surface area contributed by atoms with Gasteiger partial charge in [-0.2, -0.15) is 0 Å². The van der Waals surface area contributed by atoms with Gasteiger partial charge in [-0.05, 0) is 18.2 Å². The van der Waals surface area contributed by atoms with Crippen molar-refractivity contribution in [2.24, 2.45) is 0 Å². The molecule has 17 heavy (non-hydrogen) atoms. The summed E-state index contributed by atoms with van der Waals surface area (Å²) in [6.07, 6.45) is 0.326. The maximum absolute atomic E-state index is 11.3. The zero-order valence-electron chi connectivity index (χ0n) is 9.21. The zero-order chi connectivity index (χ0) is 12.7.